The van der Waals surface area contributed by atoms with Gasteiger partial charge in [-0.3, -0.25) is 4.79 Å². The van der Waals surface area contributed by atoms with Crippen molar-refractivity contribution >= 4 is 28.4 Å². The normalized spacial score (nSPS) is 19.2. The van der Waals surface area contributed by atoms with Gasteiger partial charge in [0.1, 0.15) is 11.8 Å². The fourth-order valence-corrected chi connectivity index (χ4v) is 3.33. The maximum absolute atomic E-state index is 13.0. The lowest BCUT2D eigenvalue weighted by molar-refractivity contribution is -0.117. The number of amides is 1. The number of halogens is 1. The molecule has 4 aromatic rings. The number of rotatable bonds is 3. The van der Waals surface area contributed by atoms with Gasteiger partial charge in [0.15, 0.2) is 5.82 Å². The molecule has 2 atom stereocenters. The Balaban J connectivity index is 1.54. The van der Waals surface area contributed by atoms with Crippen LogP contribution in [0.5, 0.6) is 0 Å². The van der Waals surface area contributed by atoms with Crippen LogP contribution in [0, 0.1) is 12.8 Å². The summed E-state index contributed by atoms with van der Waals surface area (Å²) in [5.74, 6) is -0.408. The molecule has 0 bridgehead atoms. The van der Waals surface area contributed by atoms with E-state index in [0.29, 0.717) is 17.9 Å². The number of aryl methyl sites for hydroxylation is 1. The van der Waals surface area contributed by atoms with Gasteiger partial charge in [-0.1, -0.05) is 6.07 Å². The molecule has 1 fully saturated rings. The molecule has 3 aromatic heterocycles. The van der Waals surface area contributed by atoms with Gasteiger partial charge in [0.2, 0.25) is 5.91 Å². The maximum atomic E-state index is 13.0. The number of alkyl halides is 1. The predicted octanol–water partition coefficient (Wildman–Crippen LogP) is 3.48. The summed E-state index contributed by atoms with van der Waals surface area (Å²) in [6.45, 7) is 2.05. The number of H-pyrrole nitrogens is 1. The summed E-state index contributed by atoms with van der Waals surface area (Å²) >= 11 is 0. The van der Waals surface area contributed by atoms with Gasteiger partial charge in [-0.05, 0) is 37.1 Å². The highest BCUT2D eigenvalue weighted by atomic mass is 19.1. The summed E-state index contributed by atoms with van der Waals surface area (Å²) in [4.78, 5) is 23.9. The highest BCUT2D eigenvalue weighted by Crippen LogP contribution is 2.35. The Morgan fingerprint density at radius 2 is 2.15 bits per heavy atom. The second kappa shape index (κ2) is 5.39. The third-order valence-corrected chi connectivity index (χ3v) is 4.84. The fraction of sp³-hybridized carbons (Fsp3) is 0.211. The monoisotopic (exact) mass is 349 g/mol. The van der Waals surface area contributed by atoms with Crippen LogP contribution in [0.3, 0.4) is 0 Å². The Morgan fingerprint density at radius 1 is 1.31 bits per heavy atom. The van der Waals surface area contributed by atoms with Gasteiger partial charge in [-0.25, -0.2) is 14.4 Å². The second-order valence-corrected chi connectivity index (χ2v) is 6.71. The molecule has 1 aliphatic carbocycles. The second-order valence-electron chi connectivity index (χ2n) is 6.71. The van der Waals surface area contributed by atoms with Gasteiger partial charge in [0, 0.05) is 17.3 Å². The smallest absolute Gasteiger partial charge is 0.231 e. The lowest BCUT2D eigenvalue weighted by atomic mass is 10.0. The number of aromatic nitrogens is 4. The number of nitrogens with one attached hydrogen (secondary N) is 2. The molecule has 1 aromatic carbocycles. The van der Waals surface area contributed by atoms with E-state index < -0.39 is 12.1 Å². The SMILES string of the molecule is Cc1ccc2[nH]cnc2c1-c1ccc2nc(NC(=O)[C@@H]3C[C@@H]3F)cn2c1. The number of carbonyl (C=O) groups is 1. The molecule has 6 nitrogen and oxygen atoms in total. The van der Waals surface area contributed by atoms with Crippen LogP contribution in [0.4, 0.5) is 10.2 Å². The van der Waals surface area contributed by atoms with Crippen molar-refractivity contribution in [2.45, 2.75) is 19.5 Å². The van der Waals surface area contributed by atoms with E-state index in [-0.39, 0.29) is 5.91 Å². The van der Waals surface area contributed by atoms with Crippen molar-refractivity contribution in [2.24, 2.45) is 5.92 Å². The third kappa shape index (κ3) is 2.35. The highest BCUT2D eigenvalue weighted by Gasteiger charge is 2.43. The maximum Gasteiger partial charge on any atom is 0.231 e. The van der Waals surface area contributed by atoms with Crippen LogP contribution in [0.1, 0.15) is 12.0 Å². The van der Waals surface area contributed by atoms with Gasteiger partial charge < -0.3 is 14.7 Å². The topological polar surface area (TPSA) is 75.1 Å². The summed E-state index contributed by atoms with van der Waals surface area (Å²) in [5.41, 5.74) is 5.80. The van der Waals surface area contributed by atoms with Crippen molar-refractivity contribution in [3.8, 4) is 11.1 Å². The van der Waals surface area contributed by atoms with Crippen LogP contribution in [0.2, 0.25) is 0 Å². The minimum Gasteiger partial charge on any atom is -0.345 e. The van der Waals surface area contributed by atoms with Gasteiger partial charge in [0.25, 0.3) is 0 Å². The summed E-state index contributed by atoms with van der Waals surface area (Å²) < 4.78 is 14.9. The molecular weight excluding hydrogens is 333 g/mol. The van der Waals surface area contributed by atoms with Crippen LogP contribution in [-0.2, 0) is 4.79 Å². The van der Waals surface area contributed by atoms with E-state index in [1.54, 1.807) is 12.5 Å². The van der Waals surface area contributed by atoms with E-state index >= 15 is 0 Å². The summed E-state index contributed by atoms with van der Waals surface area (Å²) in [7, 11) is 0. The van der Waals surface area contributed by atoms with E-state index in [2.05, 4.69) is 33.3 Å². The van der Waals surface area contributed by atoms with Crippen molar-refractivity contribution in [3.05, 3.63) is 48.5 Å². The van der Waals surface area contributed by atoms with Crippen molar-refractivity contribution < 1.29 is 9.18 Å². The quantitative estimate of drug-likeness (QED) is 0.595. The van der Waals surface area contributed by atoms with Gasteiger partial charge in [0.05, 0.1) is 29.5 Å². The third-order valence-electron chi connectivity index (χ3n) is 4.84. The minimum absolute atomic E-state index is 0.302. The first-order chi connectivity index (χ1) is 12.6. The lowest BCUT2D eigenvalue weighted by Crippen LogP contribution is -2.15. The molecule has 3 heterocycles. The van der Waals surface area contributed by atoms with E-state index in [4.69, 9.17) is 0 Å². The predicted molar refractivity (Wildman–Crippen MR) is 96.6 cm³/mol. The number of pyridine rings is 1. The molecule has 0 radical (unpaired) electrons. The fourth-order valence-electron chi connectivity index (χ4n) is 3.33. The number of anilines is 1. The molecule has 1 saturated carbocycles. The molecule has 0 spiro atoms. The van der Waals surface area contributed by atoms with E-state index in [1.807, 2.05) is 28.8 Å². The molecule has 1 amide bonds. The molecule has 7 heteroatoms. The average Bonchev–Trinajstić information content (AvgIpc) is 3.02. The number of aromatic amines is 1. The van der Waals surface area contributed by atoms with Crippen LogP contribution in [0.25, 0.3) is 27.8 Å². The zero-order chi connectivity index (χ0) is 17.8. The molecule has 0 saturated heterocycles. The first-order valence-electron chi connectivity index (χ1n) is 8.47. The van der Waals surface area contributed by atoms with Gasteiger partial charge >= 0.3 is 0 Å². The van der Waals surface area contributed by atoms with E-state index in [0.717, 1.165) is 27.7 Å². The van der Waals surface area contributed by atoms with Crippen molar-refractivity contribution in [2.75, 3.05) is 5.32 Å². The Hall–Kier alpha value is -3.22. The van der Waals surface area contributed by atoms with Crippen molar-refractivity contribution in [3.63, 3.8) is 0 Å². The zero-order valence-electron chi connectivity index (χ0n) is 14.0. The standard InChI is InChI=1S/C19H16FN5O/c1-10-2-4-14-18(22-9-21-14)17(10)11-3-5-16-23-15(8-25(16)7-11)24-19(26)12-6-13(12)20/h2-5,7-9,12-13H,6H2,1H3,(H,21,22)(H,24,26)/t12-,13+/m1/s1. The number of carbonyl (C=O) groups excluding carboxylic acids is 1. The minimum atomic E-state index is -1.02. The van der Waals surface area contributed by atoms with Crippen molar-refractivity contribution in [1.82, 2.24) is 19.4 Å². The summed E-state index contributed by atoms with van der Waals surface area (Å²) in [6.07, 6.45) is 4.68. The number of nitrogens with zero attached hydrogens (tertiary/aromatic N) is 3. The Kier molecular flexibility index (Phi) is 3.12. The van der Waals surface area contributed by atoms with Crippen LogP contribution < -0.4 is 5.32 Å². The zero-order valence-corrected chi connectivity index (χ0v) is 14.0. The molecule has 1 aliphatic rings. The number of hydrogen-bond acceptors (Lipinski definition) is 3. The van der Waals surface area contributed by atoms with E-state index in [9.17, 15) is 9.18 Å². The summed E-state index contributed by atoms with van der Waals surface area (Å²) in [5, 5.41) is 2.69. The number of benzene rings is 1. The Labute approximate surface area is 148 Å². The number of fused-ring (bicyclic) bond motifs is 2. The lowest BCUT2D eigenvalue weighted by Gasteiger charge is -2.07. The first-order valence-corrected chi connectivity index (χ1v) is 8.47. The molecule has 0 unspecified atom stereocenters. The molecule has 0 aliphatic heterocycles. The Morgan fingerprint density at radius 3 is 2.96 bits per heavy atom. The molecular formula is C19H16FN5O. The highest BCUT2D eigenvalue weighted by molar-refractivity contribution is 5.95. The number of hydrogen-bond donors (Lipinski definition) is 2. The largest absolute Gasteiger partial charge is 0.345 e. The van der Waals surface area contributed by atoms with Crippen molar-refractivity contribution in [1.29, 1.82) is 0 Å². The molecule has 130 valence electrons. The summed E-state index contributed by atoms with van der Waals surface area (Å²) in [6, 6.07) is 7.96. The van der Waals surface area contributed by atoms with Crippen LogP contribution >= 0.6 is 0 Å². The molecule has 5 rings (SSSR count). The Bertz CT molecular complexity index is 1160. The van der Waals surface area contributed by atoms with Crippen LogP contribution in [-0.4, -0.2) is 31.4 Å². The molecule has 26 heavy (non-hydrogen) atoms. The van der Waals surface area contributed by atoms with Gasteiger partial charge in [-0.2, -0.15) is 0 Å². The van der Waals surface area contributed by atoms with E-state index in [1.165, 1.54) is 0 Å². The first kappa shape index (κ1) is 15.1. The van der Waals surface area contributed by atoms with Crippen LogP contribution in [0.15, 0.2) is 43.0 Å². The average molecular weight is 349 g/mol. The number of imidazole rings is 2. The molecule has 2 N–H and O–H groups in total. The van der Waals surface area contributed by atoms with Gasteiger partial charge in [-0.15, -0.1) is 0 Å².